The molecule has 0 spiro atoms. The third kappa shape index (κ3) is 4.24. The predicted octanol–water partition coefficient (Wildman–Crippen LogP) is 2.25. The molecular formula is C20H29N3O3. The lowest BCUT2D eigenvalue weighted by atomic mass is 9.95. The Morgan fingerprint density at radius 1 is 1.15 bits per heavy atom. The Hall–Kier alpha value is -1.92. The van der Waals surface area contributed by atoms with Crippen LogP contribution in [-0.4, -0.2) is 48.6 Å². The summed E-state index contributed by atoms with van der Waals surface area (Å²) in [6.45, 7) is 5.72. The van der Waals surface area contributed by atoms with Gasteiger partial charge in [-0.15, -0.1) is 0 Å². The molecule has 2 fully saturated rings. The van der Waals surface area contributed by atoms with Crippen molar-refractivity contribution in [1.29, 1.82) is 0 Å². The van der Waals surface area contributed by atoms with E-state index in [-0.39, 0.29) is 35.9 Å². The number of nitrogens with two attached hydrogens (primary N) is 1. The molecule has 1 aliphatic carbocycles. The fourth-order valence-corrected chi connectivity index (χ4v) is 4.12. The van der Waals surface area contributed by atoms with Gasteiger partial charge in [-0.2, -0.15) is 0 Å². The highest BCUT2D eigenvalue weighted by Crippen LogP contribution is 2.31. The van der Waals surface area contributed by atoms with Gasteiger partial charge in [0.05, 0.1) is 12.2 Å². The topological polar surface area (TPSA) is 84.7 Å². The fraction of sp³-hybridized carbons (Fsp3) is 0.600. The minimum absolute atomic E-state index is 0.00219. The van der Waals surface area contributed by atoms with Crippen LogP contribution in [0.4, 0.5) is 5.69 Å². The maximum absolute atomic E-state index is 12.7. The first-order valence-corrected chi connectivity index (χ1v) is 9.53. The van der Waals surface area contributed by atoms with E-state index < -0.39 is 0 Å². The highest BCUT2D eigenvalue weighted by Gasteiger charge is 2.32. The molecule has 26 heavy (non-hydrogen) atoms. The summed E-state index contributed by atoms with van der Waals surface area (Å²) in [4.78, 5) is 27.0. The van der Waals surface area contributed by atoms with Crippen molar-refractivity contribution < 1.29 is 14.3 Å². The molecule has 1 aromatic carbocycles. The second-order valence-electron chi connectivity index (χ2n) is 7.57. The van der Waals surface area contributed by atoms with E-state index in [0.717, 1.165) is 24.9 Å². The summed E-state index contributed by atoms with van der Waals surface area (Å²) in [6, 6.07) is 7.14. The molecule has 1 aromatic rings. The smallest absolute Gasteiger partial charge is 0.254 e. The van der Waals surface area contributed by atoms with E-state index in [4.69, 9.17) is 10.5 Å². The molecule has 0 radical (unpaired) electrons. The fourth-order valence-electron chi connectivity index (χ4n) is 4.12. The van der Waals surface area contributed by atoms with Crippen molar-refractivity contribution >= 4 is 17.5 Å². The molecule has 1 saturated heterocycles. The van der Waals surface area contributed by atoms with Gasteiger partial charge in [0.15, 0.2) is 0 Å². The van der Waals surface area contributed by atoms with Crippen LogP contribution in [0.15, 0.2) is 24.3 Å². The number of nitrogens with zero attached hydrogens (tertiary/aromatic N) is 1. The van der Waals surface area contributed by atoms with Gasteiger partial charge in [-0.25, -0.2) is 0 Å². The number of morpholine rings is 1. The van der Waals surface area contributed by atoms with Crippen LogP contribution in [0.3, 0.4) is 0 Å². The normalized spacial score (nSPS) is 28.8. The van der Waals surface area contributed by atoms with Crippen molar-refractivity contribution in [3.8, 4) is 0 Å². The summed E-state index contributed by atoms with van der Waals surface area (Å²) in [6.07, 6.45) is 3.08. The van der Waals surface area contributed by atoms with Gasteiger partial charge >= 0.3 is 0 Å². The molecule has 3 rings (SSSR count). The standard InChI is InChI=1S/C20H29N3O3/c1-13-11-23(12-14(2)26-13)20(25)15-6-8-17(9-7-15)22-19(24)18-5-3-4-16(18)10-21/h6-9,13-14,16,18H,3-5,10-12,21H2,1-2H3,(H,22,24)/t13?,14?,16-,18-/m1/s1. The summed E-state index contributed by atoms with van der Waals surface area (Å²) in [5, 5.41) is 2.97. The van der Waals surface area contributed by atoms with Crippen molar-refractivity contribution in [3.63, 3.8) is 0 Å². The van der Waals surface area contributed by atoms with Crippen LogP contribution in [0, 0.1) is 11.8 Å². The predicted molar refractivity (Wildman–Crippen MR) is 101 cm³/mol. The second kappa shape index (κ2) is 8.18. The van der Waals surface area contributed by atoms with E-state index in [9.17, 15) is 9.59 Å². The molecule has 6 nitrogen and oxygen atoms in total. The number of carbonyl (C=O) groups excluding carboxylic acids is 2. The van der Waals surface area contributed by atoms with Crippen molar-refractivity contribution in [2.45, 2.75) is 45.3 Å². The van der Waals surface area contributed by atoms with Gasteiger partial charge in [0.1, 0.15) is 0 Å². The summed E-state index contributed by atoms with van der Waals surface area (Å²) < 4.78 is 5.68. The monoisotopic (exact) mass is 359 g/mol. The Labute approximate surface area is 155 Å². The van der Waals surface area contributed by atoms with Crippen LogP contribution < -0.4 is 11.1 Å². The Bertz CT molecular complexity index is 636. The van der Waals surface area contributed by atoms with Gasteiger partial charge in [0.2, 0.25) is 5.91 Å². The van der Waals surface area contributed by atoms with Gasteiger partial charge in [0, 0.05) is 30.3 Å². The lowest BCUT2D eigenvalue weighted by Gasteiger charge is -2.35. The second-order valence-corrected chi connectivity index (χ2v) is 7.57. The molecular weight excluding hydrogens is 330 g/mol. The molecule has 3 N–H and O–H groups in total. The largest absolute Gasteiger partial charge is 0.372 e. The molecule has 1 aliphatic heterocycles. The van der Waals surface area contributed by atoms with Crippen LogP contribution >= 0.6 is 0 Å². The van der Waals surface area contributed by atoms with Crippen LogP contribution in [0.25, 0.3) is 0 Å². The Morgan fingerprint density at radius 3 is 2.42 bits per heavy atom. The number of amides is 2. The van der Waals surface area contributed by atoms with E-state index in [2.05, 4.69) is 5.32 Å². The number of hydrogen-bond donors (Lipinski definition) is 2. The van der Waals surface area contributed by atoms with Crippen LogP contribution in [-0.2, 0) is 9.53 Å². The van der Waals surface area contributed by atoms with E-state index in [1.54, 1.807) is 24.3 Å². The molecule has 2 aliphatic rings. The zero-order valence-corrected chi connectivity index (χ0v) is 15.6. The van der Waals surface area contributed by atoms with Crippen LogP contribution in [0.5, 0.6) is 0 Å². The van der Waals surface area contributed by atoms with Crippen molar-refractivity contribution in [2.24, 2.45) is 17.6 Å². The van der Waals surface area contributed by atoms with E-state index >= 15 is 0 Å². The van der Waals surface area contributed by atoms with Crippen LogP contribution in [0.1, 0.15) is 43.5 Å². The zero-order valence-electron chi connectivity index (χ0n) is 15.6. The molecule has 142 valence electrons. The average molecular weight is 359 g/mol. The van der Waals surface area contributed by atoms with Crippen molar-refractivity contribution in [1.82, 2.24) is 4.90 Å². The number of nitrogens with one attached hydrogen (secondary N) is 1. The average Bonchev–Trinajstić information content (AvgIpc) is 3.10. The third-order valence-corrected chi connectivity index (χ3v) is 5.40. The molecule has 2 amide bonds. The van der Waals surface area contributed by atoms with E-state index in [1.165, 1.54) is 0 Å². The summed E-state index contributed by atoms with van der Waals surface area (Å²) in [7, 11) is 0. The van der Waals surface area contributed by atoms with E-state index in [1.807, 2.05) is 18.7 Å². The molecule has 1 saturated carbocycles. The van der Waals surface area contributed by atoms with Crippen molar-refractivity contribution in [2.75, 3.05) is 25.0 Å². The Kier molecular flexibility index (Phi) is 5.94. The summed E-state index contributed by atoms with van der Waals surface area (Å²) in [5.41, 5.74) is 7.12. The first kappa shape index (κ1) is 18.9. The molecule has 0 bridgehead atoms. The lowest BCUT2D eigenvalue weighted by Crippen LogP contribution is -2.48. The van der Waals surface area contributed by atoms with Crippen molar-refractivity contribution in [3.05, 3.63) is 29.8 Å². The molecule has 0 aromatic heterocycles. The molecule has 6 heteroatoms. The van der Waals surface area contributed by atoms with Gasteiger partial charge in [0.25, 0.3) is 5.91 Å². The SMILES string of the molecule is CC1CN(C(=O)c2ccc(NC(=O)[C@@H]3CCC[C@@H]3CN)cc2)CC(C)O1. The Morgan fingerprint density at radius 2 is 1.81 bits per heavy atom. The van der Waals surface area contributed by atoms with E-state index in [0.29, 0.717) is 25.2 Å². The summed E-state index contributed by atoms with van der Waals surface area (Å²) in [5.74, 6) is 0.315. The number of rotatable bonds is 4. The summed E-state index contributed by atoms with van der Waals surface area (Å²) >= 11 is 0. The van der Waals surface area contributed by atoms with Gasteiger partial charge in [-0.1, -0.05) is 6.42 Å². The first-order chi connectivity index (χ1) is 12.5. The zero-order chi connectivity index (χ0) is 18.7. The first-order valence-electron chi connectivity index (χ1n) is 9.53. The number of anilines is 1. The lowest BCUT2D eigenvalue weighted by molar-refractivity contribution is -0.120. The maximum Gasteiger partial charge on any atom is 0.254 e. The van der Waals surface area contributed by atoms with Gasteiger partial charge in [-0.3, -0.25) is 9.59 Å². The maximum atomic E-state index is 12.7. The Balaban J connectivity index is 1.61. The highest BCUT2D eigenvalue weighted by molar-refractivity contribution is 5.96. The molecule has 4 atom stereocenters. The van der Waals surface area contributed by atoms with Crippen LogP contribution in [0.2, 0.25) is 0 Å². The molecule has 2 unspecified atom stereocenters. The third-order valence-electron chi connectivity index (χ3n) is 5.40. The van der Waals surface area contributed by atoms with Gasteiger partial charge in [-0.05, 0) is 63.4 Å². The van der Waals surface area contributed by atoms with Gasteiger partial charge < -0.3 is 20.7 Å². The minimum Gasteiger partial charge on any atom is -0.372 e. The number of carbonyl (C=O) groups is 2. The quantitative estimate of drug-likeness (QED) is 0.863. The minimum atomic E-state index is -0.00219. The molecule has 1 heterocycles. The number of benzene rings is 1. The number of hydrogen-bond acceptors (Lipinski definition) is 4. The number of ether oxygens (including phenoxy) is 1. The highest BCUT2D eigenvalue weighted by atomic mass is 16.5.